The Morgan fingerprint density at radius 2 is 1.91 bits per heavy atom. The molecular formula is C19H13NO3. The van der Waals surface area contributed by atoms with Crippen LogP contribution in [0.15, 0.2) is 64.1 Å². The number of aryl methyl sites for hydroxylation is 1. The highest BCUT2D eigenvalue weighted by Gasteiger charge is 2.18. The third-order valence-electron chi connectivity index (χ3n) is 3.99. The number of phenolic OH excluding ortho intramolecular Hbond substituents is 1. The SMILES string of the molecule is Cc1ccncc1-c1c2ccc(=O)cc-2oc2cc(O)ccc12. The summed E-state index contributed by atoms with van der Waals surface area (Å²) < 4.78 is 5.83. The predicted octanol–water partition coefficient (Wildman–Crippen LogP) is 3.97. The molecule has 2 aromatic rings. The van der Waals surface area contributed by atoms with Crippen molar-refractivity contribution in [3.63, 3.8) is 0 Å². The molecule has 112 valence electrons. The van der Waals surface area contributed by atoms with E-state index in [1.807, 2.05) is 25.3 Å². The third-order valence-corrected chi connectivity index (χ3v) is 3.99. The van der Waals surface area contributed by atoms with Crippen molar-refractivity contribution in [2.75, 3.05) is 0 Å². The molecule has 0 radical (unpaired) electrons. The van der Waals surface area contributed by atoms with E-state index >= 15 is 0 Å². The lowest BCUT2D eigenvalue weighted by Crippen LogP contribution is -2.00. The molecule has 1 aliphatic heterocycles. The minimum Gasteiger partial charge on any atom is -0.508 e. The molecule has 23 heavy (non-hydrogen) atoms. The monoisotopic (exact) mass is 303 g/mol. The fourth-order valence-corrected chi connectivity index (χ4v) is 2.88. The second-order valence-electron chi connectivity index (χ2n) is 5.51. The average Bonchev–Trinajstić information content (AvgIpc) is 2.53. The van der Waals surface area contributed by atoms with Crippen LogP contribution < -0.4 is 5.43 Å². The highest BCUT2D eigenvalue weighted by Crippen LogP contribution is 2.41. The maximum atomic E-state index is 11.7. The van der Waals surface area contributed by atoms with Crippen LogP contribution in [-0.4, -0.2) is 10.1 Å². The van der Waals surface area contributed by atoms with Gasteiger partial charge in [-0.3, -0.25) is 9.78 Å². The van der Waals surface area contributed by atoms with Gasteiger partial charge in [0.2, 0.25) is 0 Å². The van der Waals surface area contributed by atoms with Crippen LogP contribution in [0.25, 0.3) is 33.4 Å². The van der Waals surface area contributed by atoms with Crippen LogP contribution in [0, 0.1) is 6.92 Å². The van der Waals surface area contributed by atoms with E-state index in [2.05, 4.69) is 4.98 Å². The predicted molar refractivity (Wildman–Crippen MR) is 88.7 cm³/mol. The number of rotatable bonds is 1. The number of phenols is 1. The molecule has 2 aliphatic rings. The van der Waals surface area contributed by atoms with Crippen molar-refractivity contribution in [2.24, 2.45) is 0 Å². The summed E-state index contributed by atoms with van der Waals surface area (Å²) in [5.41, 5.74) is 4.26. The maximum Gasteiger partial charge on any atom is 0.182 e. The first kappa shape index (κ1) is 13.5. The summed E-state index contributed by atoms with van der Waals surface area (Å²) in [6, 6.07) is 11.7. The van der Waals surface area contributed by atoms with E-state index in [0.717, 1.165) is 27.6 Å². The van der Waals surface area contributed by atoms with Crippen molar-refractivity contribution < 1.29 is 9.52 Å². The lowest BCUT2D eigenvalue weighted by atomic mass is 9.92. The number of pyridine rings is 1. The Labute approximate surface area is 132 Å². The minimum absolute atomic E-state index is 0.116. The molecule has 0 bridgehead atoms. The number of aromatic nitrogens is 1. The van der Waals surface area contributed by atoms with Crippen molar-refractivity contribution in [1.29, 1.82) is 0 Å². The number of hydrogen-bond donors (Lipinski definition) is 1. The molecule has 4 nitrogen and oxygen atoms in total. The number of fused-ring (bicyclic) bond motifs is 2. The summed E-state index contributed by atoms with van der Waals surface area (Å²) in [7, 11) is 0. The first-order valence-corrected chi connectivity index (χ1v) is 7.24. The van der Waals surface area contributed by atoms with Crippen LogP contribution in [0.3, 0.4) is 0 Å². The summed E-state index contributed by atoms with van der Waals surface area (Å²) in [4.78, 5) is 15.9. The Morgan fingerprint density at radius 1 is 1.04 bits per heavy atom. The van der Waals surface area contributed by atoms with Gasteiger partial charge in [-0.05, 0) is 42.8 Å². The van der Waals surface area contributed by atoms with Gasteiger partial charge in [0, 0.05) is 46.6 Å². The lowest BCUT2D eigenvalue weighted by Gasteiger charge is -2.16. The molecule has 0 spiro atoms. The normalized spacial score (nSPS) is 11.2. The topological polar surface area (TPSA) is 63.3 Å². The van der Waals surface area contributed by atoms with E-state index in [0.29, 0.717) is 11.3 Å². The standard InChI is InChI=1S/C19H13NO3/c1-11-6-7-20-10-16(11)19-14-4-2-12(21)8-17(14)23-18-9-13(22)3-5-15(18)19/h2-10,21H,1H3. The molecule has 0 saturated heterocycles. The minimum atomic E-state index is -0.116. The van der Waals surface area contributed by atoms with E-state index < -0.39 is 0 Å². The number of hydrogen-bond acceptors (Lipinski definition) is 4. The van der Waals surface area contributed by atoms with Crippen LogP contribution in [0.1, 0.15) is 5.56 Å². The number of nitrogens with zero attached hydrogens (tertiary/aromatic N) is 1. The zero-order valence-corrected chi connectivity index (χ0v) is 12.4. The molecule has 1 aromatic heterocycles. The summed E-state index contributed by atoms with van der Waals surface area (Å²) >= 11 is 0. The van der Waals surface area contributed by atoms with Crippen LogP contribution in [0.4, 0.5) is 0 Å². The zero-order valence-electron chi connectivity index (χ0n) is 12.4. The largest absolute Gasteiger partial charge is 0.508 e. The number of benzene rings is 2. The van der Waals surface area contributed by atoms with E-state index in [1.165, 1.54) is 12.1 Å². The summed E-state index contributed by atoms with van der Waals surface area (Å²) in [6.07, 6.45) is 3.56. The fraction of sp³-hybridized carbons (Fsp3) is 0.0526. The second kappa shape index (κ2) is 4.95. The number of aromatic hydroxyl groups is 1. The molecule has 0 fully saturated rings. The highest BCUT2D eigenvalue weighted by molar-refractivity contribution is 6.02. The second-order valence-corrected chi connectivity index (χ2v) is 5.51. The Kier molecular flexibility index (Phi) is 2.91. The van der Waals surface area contributed by atoms with Crippen LogP contribution >= 0.6 is 0 Å². The molecule has 1 aromatic carbocycles. The van der Waals surface area contributed by atoms with Gasteiger partial charge in [0.15, 0.2) is 5.43 Å². The average molecular weight is 303 g/mol. The Bertz CT molecular complexity index is 1070. The van der Waals surface area contributed by atoms with Crippen molar-refractivity contribution >= 4 is 11.0 Å². The van der Waals surface area contributed by atoms with E-state index in [-0.39, 0.29) is 11.2 Å². The smallest absolute Gasteiger partial charge is 0.182 e. The van der Waals surface area contributed by atoms with Gasteiger partial charge < -0.3 is 9.52 Å². The summed E-state index contributed by atoms with van der Waals surface area (Å²) in [5.74, 6) is 0.613. The molecule has 4 rings (SSSR count). The van der Waals surface area contributed by atoms with Crippen LogP contribution in [-0.2, 0) is 0 Å². The van der Waals surface area contributed by atoms with Gasteiger partial charge in [-0.15, -0.1) is 0 Å². The lowest BCUT2D eigenvalue weighted by molar-refractivity contribution is 0.474. The van der Waals surface area contributed by atoms with E-state index in [9.17, 15) is 9.90 Å². The molecule has 1 aliphatic carbocycles. The first-order chi connectivity index (χ1) is 11.1. The van der Waals surface area contributed by atoms with Gasteiger partial charge in [0.25, 0.3) is 0 Å². The molecule has 0 atom stereocenters. The zero-order chi connectivity index (χ0) is 16.0. The highest BCUT2D eigenvalue weighted by atomic mass is 16.3. The molecule has 2 heterocycles. The van der Waals surface area contributed by atoms with Crippen LogP contribution in [0.2, 0.25) is 0 Å². The van der Waals surface area contributed by atoms with Gasteiger partial charge in [-0.25, -0.2) is 0 Å². The Balaban J connectivity index is 2.23. The summed E-state index contributed by atoms with van der Waals surface area (Å²) in [6.45, 7) is 2.02. The molecule has 0 saturated carbocycles. The first-order valence-electron chi connectivity index (χ1n) is 7.24. The molecule has 0 unspecified atom stereocenters. The molecule has 4 heteroatoms. The summed E-state index contributed by atoms with van der Waals surface area (Å²) in [5, 5.41) is 10.6. The van der Waals surface area contributed by atoms with Gasteiger partial charge in [0.05, 0.1) is 0 Å². The van der Waals surface area contributed by atoms with Crippen molar-refractivity contribution in [3.8, 4) is 28.2 Å². The van der Waals surface area contributed by atoms with Gasteiger partial charge in [-0.2, -0.15) is 0 Å². The third kappa shape index (κ3) is 2.16. The van der Waals surface area contributed by atoms with E-state index in [1.54, 1.807) is 24.4 Å². The molecule has 1 N–H and O–H groups in total. The van der Waals surface area contributed by atoms with Gasteiger partial charge >= 0.3 is 0 Å². The van der Waals surface area contributed by atoms with Crippen molar-refractivity contribution in [2.45, 2.75) is 6.92 Å². The van der Waals surface area contributed by atoms with Crippen molar-refractivity contribution in [1.82, 2.24) is 4.98 Å². The maximum absolute atomic E-state index is 11.7. The quantitative estimate of drug-likeness (QED) is 0.540. The molecule has 0 amide bonds. The fourth-order valence-electron chi connectivity index (χ4n) is 2.88. The van der Waals surface area contributed by atoms with Crippen molar-refractivity contribution in [3.05, 3.63) is 70.6 Å². The van der Waals surface area contributed by atoms with Gasteiger partial charge in [0.1, 0.15) is 17.1 Å². The Morgan fingerprint density at radius 3 is 2.74 bits per heavy atom. The van der Waals surface area contributed by atoms with E-state index in [4.69, 9.17) is 4.42 Å². The van der Waals surface area contributed by atoms with Gasteiger partial charge in [-0.1, -0.05) is 0 Å². The molecular weight excluding hydrogens is 290 g/mol. The van der Waals surface area contributed by atoms with Crippen LogP contribution in [0.5, 0.6) is 5.75 Å². The Hall–Kier alpha value is -3.14.